The summed E-state index contributed by atoms with van der Waals surface area (Å²) < 4.78 is 5.29. The van der Waals surface area contributed by atoms with Crippen molar-refractivity contribution in [3.05, 3.63) is 99.7 Å². The second-order valence-electron chi connectivity index (χ2n) is 11.2. The number of aromatic hydroxyl groups is 1. The molecule has 196 valence electrons. The third-order valence-corrected chi connectivity index (χ3v) is 7.45. The van der Waals surface area contributed by atoms with E-state index < -0.39 is 0 Å². The second-order valence-corrected chi connectivity index (χ2v) is 11.2. The molecule has 2 heterocycles. The first-order valence-electron chi connectivity index (χ1n) is 13.0. The van der Waals surface area contributed by atoms with Crippen LogP contribution < -0.4 is 4.74 Å². The number of H-pyrrole nitrogens is 1. The molecule has 0 saturated carbocycles. The van der Waals surface area contributed by atoms with Gasteiger partial charge in [0.25, 0.3) is 5.91 Å². The summed E-state index contributed by atoms with van der Waals surface area (Å²) >= 11 is 0. The Morgan fingerprint density at radius 1 is 1.03 bits per heavy atom. The van der Waals surface area contributed by atoms with Crippen LogP contribution in [0.1, 0.15) is 70.7 Å². The number of ether oxygens (including phenoxy) is 1. The quantitative estimate of drug-likeness (QED) is 0.311. The highest BCUT2D eigenvalue weighted by molar-refractivity contribution is 6.00. The smallest absolute Gasteiger partial charge is 0.273 e. The molecule has 0 radical (unpaired) electrons. The molecule has 1 aliphatic rings. The minimum Gasteiger partial charge on any atom is -0.507 e. The zero-order chi connectivity index (χ0) is 27.2. The van der Waals surface area contributed by atoms with Gasteiger partial charge in [0, 0.05) is 17.7 Å². The number of aromatic amines is 1. The molecule has 0 fully saturated rings. The minimum atomic E-state index is -0.321. The number of benzene rings is 3. The summed E-state index contributed by atoms with van der Waals surface area (Å²) in [4.78, 5) is 15.7. The molecule has 0 spiro atoms. The van der Waals surface area contributed by atoms with E-state index in [1.54, 1.807) is 13.2 Å². The number of nitrogens with one attached hydrogen (secondary N) is 1. The van der Waals surface area contributed by atoms with Crippen LogP contribution in [-0.2, 0) is 11.8 Å². The van der Waals surface area contributed by atoms with Gasteiger partial charge >= 0.3 is 0 Å². The molecule has 4 aromatic rings. The maximum atomic E-state index is 13.8. The van der Waals surface area contributed by atoms with Crippen LogP contribution in [0.3, 0.4) is 0 Å². The van der Waals surface area contributed by atoms with Crippen molar-refractivity contribution in [2.24, 2.45) is 0 Å². The molecule has 1 amide bonds. The van der Waals surface area contributed by atoms with Crippen molar-refractivity contribution in [1.82, 2.24) is 15.1 Å². The average Bonchev–Trinajstić information content (AvgIpc) is 3.41. The fourth-order valence-electron chi connectivity index (χ4n) is 5.42. The summed E-state index contributed by atoms with van der Waals surface area (Å²) in [6, 6.07) is 19.9. The van der Waals surface area contributed by atoms with Gasteiger partial charge in [0.05, 0.1) is 13.2 Å². The third kappa shape index (κ3) is 4.55. The number of amides is 1. The van der Waals surface area contributed by atoms with E-state index in [9.17, 15) is 9.90 Å². The van der Waals surface area contributed by atoms with Gasteiger partial charge in [-0.25, -0.2) is 0 Å². The van der Waals surface area contributed by atoms with E-state index in [0.29, 0.717) is 29.9 Å². The lowest BCUT2D eigenvalue weighted by Crippen LogP contribution is -2.31. The van der Waals surface area contributed by atoms with Gasteiger partial charge in [-0.15, -0.1) is 0 Å². The number of aromatic nitrogens is 2. The molecule has 2 N–H and O–H groups in total. The topological polar surface area (TPSA) is 78.5 Å². The highest BCUT2D eigenvalue weighted by atomic mass is 16.5. The fraction of sp³-hybridized carbons (Fsp3) is 0.312. The predicted molar refractivity (Wildman–Crippen MR) is 150 cm³/mol. The number of rotatable bonds is 6. The summed E-state index contributed by atoms with van der Waals surface area (Å²) in [7, 11) is 1.65. The molecule has 1 aromatic heterocycles. The van der Waals surface area contributed by atoms with Crippen LogP contribution in [0.25, 0.3) is 11.3 Å². The van der Waals surface area contributed by atoms with Crippen molar-refractivity contribution in [2.75, 3.05) is 13.7 Å². The van der Waals surface area contributed by atoms with Gasteiger partial charge in [0.1, 0.15) is 22.9 Å². The number of methoxy groups -OCH3 is 1. The molecule has 5 rings (SSSR count). The average molecular weight is 510 g/mol. The van der Waals surface area contributed by atoms with Crippen molar-refractivity contribution >= 4 is 5.91 Å². The summed E-state index contributed by atoms with van der Waals surface area (Å²) in [5.41, 5.74) is 7.88. The molecule has 1 unspecified atom stereocenters. The molecular formula is C32H35N3O3. The van der Waals surface area contributed by atoms with E-state index in [1.165, 1.54) is 5.56 Å². The first-order valence-corrected chi connectivity index (χ1v) is 13.0. The van der Waals surface area contributed by atoms with Crippen LogP contribution in [0.2, 0.25) is 0 Å². The Hall–Kier alpha value is -4.06. The monoisotopic (exact) mass is 509 g/mol. The van der Waals surface area contributed by atoms with Crippen molar-refractivity contribution in [1.29, 1.82) is 0 Å². The Labute approximate surface area is 224 Å². The first-order chi connectivity index (χ1) is 18.1. The van der Waals surface area contributed by atoms with Gasteiger partial charge in [-0.1, -0.05) is 63.2 Å². The van der Waals surface area contributed by atoms with E-state index in [2.05, 4.69) is 55.2 Å². The van der Waals surface area contributed by atoms with E-state index in [1.807, 2.05) is 49.1 Å². The van der Waals surface area contributed by atoms with Gasteiger partial charge in [0.2, 0.25) is 0 Å². The zero-order valence-corrected chi connectivity index (χ0v) is 22.9. The third-order valence-electron chi connectivity index (χ3n) is 7.45. The SMILES string of the molecule is COc1ccc(CCN2C(=O)c3[nH]nc(-c4c(C)cc(C)cc4O)c3C2c2ccc(C(C)(C)C)cc2)cc1. The van der Waals surface area contributed by atoms with Gasteiger partial charge in [-0.2, -0.15) is 5.10 Å². The fourth-order valence-corrected chi connectivity index (χ4v) is 5.42. The largest absolute Gasteiger partial charge is 0.507 e. The Balaban J connectivity index is 1.59. The van der Waals surface area contributed by atoms with E-state index in [0.717, 1.165) is 33.6 Å². The van der Waals surface area contributed by atoms with Crippen LogP contribution in [0.4, 0.5) is 0 Å². The zero-order valence-electron chi connectivity index (χ0n) is 22.9. The number of hydrogen-bond donors (Lipinski definition) is 2. The first kappa shape index (κ1) is 25.6. The number of aryl methyl sites for hydroxylation is 2. The normalized spacial score (nSPS) is 15.2. The van der Waals surface area contributed by atoms with Crippen LogP contribution in [0.15, 0.2) is 60.7 Å². The summed E-state index contributed by atoms with van der Waals surface area (Å²) in [6.45, 7) is 11.0. The highest BCUT2D eigenvalue weighted by Gasteiger charge is 2.42. The molecule has 1 aliphatic heterocycles. The molecule has 0 saturated heterocycles. The lowest BCUT2D eigenvalue weighted by atomic mass is 9.85. The van der Waals surface area contributed by atoms with Crippen molar-refractivity contribution in [3.8, 4) is 22.8 Å². The number of hydrogen-bond acceptors (Lipinski definition) is 4. The number of fused-ring (bicyclic) bond motifs is 1. The lowest BCUT2D eigenvalue weighted by Gasteiger charge is -2.27. The van der Waals surface area contributed by atoms with Crippen molar-refractivity contribution < 1.29 is 14.6 Å². The number of phenolic OH excluding ortho intramolecular Hbond substituents is 1. The number of phenols is 1. The summed E-state index contributed by atoms with van der Waals surface area (Å²) in [6.07, 6.45) is 0.703. The number of carbonyl (C=O) groups is 1. The van der Waals surface area contributed by atoms with E-state index in [-0.39, 0.29) is 23.1 Å². The van der Waals surface area contributed by atoms with E-state index >= 15 is 0 Å². The van der Waals surface area contributed by atoms with Crippen LogP contribution in [0.5, 0.6) is 11.5 Å². The molecule has 6 nitrogen and oxygen atoms in total. The van der Waals surface area contributed by atoms with Gasteiger partial charge in [0.15, 0.2) is 0 Å². The van der Waals surface area contributed by atoms with Gasteiger partial charge in [-0.05, 0) is 71.7 Å². The predicted octanol–water partition coefficient (Wildman–Crippen LogP) is 6.49. The molecule has 6 heteroatoms. The van der Waals surface area contributed by atoms with Gasteiger partial charge < -0.3 is 14.7 Å². The summed E-state index contributed by atoms with van der Waals surface area (Å²) in [5.74, 6) is 0.894. The maximum absolute atomic E-state index is 13.8. The van der Waals surface area contributed by atoms with Crippen LogP contribution in [-0.4, -0.2) is 39.8 Å². The molecule has 3 aromatic carbocycles. The molecular weight excluding hydrogens is 474 g/mol. The van der Waals surface area contributed by atoms with Crippen LogP contribution in [0, 0.1) is 13.8 Å². The van der Waals surface area contributed by atoms with Crippen LogP contribution >= 0.6 is 0 Å². The molecule has 0 aliphatic carbocycles. The standard InChI is InChI=1S/C32H35N3O3/c1-19-17-20(2)26(25(36)18-19)28-27-29(34-33-28)31(37)35(16-15-21-7-13-24(38-6)14-8-21)30(27)22-9-11-23(12-10-22)32(3,4)5/h7-14,17-18,30,36H,15-16H2,1-6H3,(H,33,34). The Kier molecular flexibility index (Phi) is 6.51. The van der Waals surface area contributed by atoms with Crippen molar-refractivity contribution in [3.63, 3.8) is 0 Å². The maximum Gasteiger partial charge on any atom is 0.273 e. The van der Waals surface area contributed by atoms with E-state index in [4.69, 9.17) is 4.74 Å². The molecule has 1 atom stereocenters. The molecule has 38 heavy (non-hydrogen) atoms. The lowest BCUT2D eigenvalue weighted by molar-refractivity contribution is 0.0746. The van der Waals surface area contributed by atoms with Gasteiger partial charge in [-0.3, -0.25) is 9.89 Å². The molecule has 0 bridgehead atoms. The second kappa shape index (κ2) is 9.67. The Morgan fingerprint density at radius 3 is 2.32 bits per heavy atom. The summed E-state index contributed by atoms with van der Waals surface area (Å²) in [5, 5.41) is 18.5. The minimum absolute atomic E-state index is 0.0227. The van der Waals surface area contributed by atoms with Crippen molar-refractivity contribution in [2.45, 2.75) is 52.5 Å². The number of nitrogens with zero attached hydrogens (tertiary/aromatic N) is 2. The Morgan fingerprint density at radius 2 is 1.71 bits per heavy atom. The Bertz CT molecular complexity index is 1460. The highest BCUT2D eigenvalue weighted by Crippen LogP contribution is 2.45. The number of carbonyl (C=O) groups excluding carboxylic acids is 1.